The molecule has 0 saturated carbocycles. The number of amides is 2. The summed E-state index contributed by atoms with van der Waals surface area (Å²) in [5.41, 5.74) is 6.21. The maximum Gasteiger partial charge on any atom is 0.352 e. The Bertz CT molecular complexity index is 1150. The smallest absolute Gasteiger partial charge is 0.352 e. The molecule has 1 saturated heterocycles. The number of carbonyl (C=O) groups excluding carboxylic acids is 2. The summed E-state index contributed by atoms with van der Waals surface area (Å²) in [7, 11) is 1.28. The Morgan fingerprint density at radius 2 is 2.30 bits per heavy atom. The van der Waals surface area contributed by atoms with Crippen molar-refractivity contribution in [2.45, 2.75) is 28.7 Å². The minimum Gasteiger partial charge on any atom is -0.477 e. The molecule has 174 valence electrons. The minimum atomic E-state index is -1.21. The first-order valence-electron chi connectivity index (χ1n) is 9.39. The van der Waals surface area contributed by atoms with Gasteiger partial charge in [-0.25, -0.2) is 9.78 Å². The summed E-state index contributed by atoms with van der Waals surface area (Å²) in [6.07, 6.45) is 1.43. The molecule has 2 aliphatic rings. The van der Waals surface area contributed by atoms with Crippen molar-refractivity contribution in [3.05, 3.63) is 28.7 Å². The number of carboxylic acids is 1. The van der Waals surface area contributed by atoms with Gasteiger partial charge in [0, 0.05) is 16.4 Å². The summed E-state index contributed by atoms with van der Waals surface area (Å²) in [6.45, 7) is 1.84. The Balaban J connectivity index is 1.52. The fraction of sp³-hybridized carbons (Fsp3) is 0.353. The van der Waals surface area contributed by atoms with Gasteiger partial charge >= 0.3 is 5.97 Å². The number of aliphatic carboxylic acids is 1. The third-order valence-corrected chi connectivity index (χ3v) is 7.86. The van der Waals surface area contributed by atoms with Crippen molar-refractivity contribution in [2.24, 2.45) is 5.16 Å². The highest BCUT2D eigenvalue weighted by molar-refractivity contribution is 8.01. The number of β-lactam (4-membered cyclic amide) rings is 1. The van der Waals surface area contributed by atoms with Crippen molar-refractivity contribution in [1.82, 2.24) is 30.4 Å². The van der Waals surface area contributed by atoms with Gasteiger partial charge in [0.1, 0.15) is 36.2 Å². The summed E-state index contributed by atoms with van der Waals surface area (Å²) in [4.78, 5) is 50.6. The van der Waals surface area contributed by atoms with Crippen molar-refractivity contribution in [3.8, 4) is 0 Å². The third kappa shape index (κ3) is 4.40. The molecule has 0 spiro atoms. The van der Waals surface area contributed by atoms with E-state index in [4.69, 9.17) is 10.6 Å². The summed E-state index contributed by atoms with van der Waals surface area (Å²) >= 11 is 3.80. The lowest BCUT2D eigenvalue weighted by molar-refractivity contribution is -0.150. The molecule has 0 aromatic carbocycles. The lowest BCUT2D eigenvalue weighted by Gasteiger charge is -2.49. The van der Waals surface area contributed by atoms with E-state index < -0.39 is 29.2 Å². The van der Waals surface area contributed by atoms with Crippen LogP contribution in [0.5, 0.6) is 0 Å². The molecule has 5 N–H and O–H groups in total. The molecule has 2 amide bonds. The maximum absolute atomic E-state index is 12.9. The van der Waals surface area contributed by atoms with Gasteiger partial charge in [0.15, 0.2) is 16.0 Å². The number of carbonyl (C=O) groups is 3. The van der Waals surface area contributed by atoms with Gasteiger partial charge in [0.25, 0.3) is 11.8 Å². The molecule has 4 rings (SSSR count). The van der Waals surface area contributed by atoms with Crippen LogP contribution >= 0.6 is 34.9 Å². The number of thioether (sulfide) groups is 2. The van der Waals surface area contributed by atoms with Gasteiger partial charge in [0.05, 0.1) is 0 Å². The van der Waals surface area contributed by atoms with Crippen molar-refractivity contribution in [3.63, 3.8) is 0 Å². The Hall–Kier alpha value is -3.11. The molecule has 2 aliphatic heterocycles. The van der Waals surface area contributed by atoms with Gasteiger partial charge < -0.3 is 26.0 Å². The van der Waals surface area contributed by atoms with E-state index in [-0.39, 0.29) is 27.5 Å². The Morgan fingerprint density at radius 1 is 1.52 bits per heavy atom. The van der Waals surface area contributed by atoms with Crippen LogP contribution in [0, 0.1) is 0 Å². The van der Waals surface area contributed by atoms with E-state index >= 15 is 0 Å². The molecule has 0 aliphatic carbocycles. The summed E-state index contributed by atoms with van der Waals surface area (Å²) < 4.78 is 0. The molecule has 33 heavy (non-hydrogen) atoms. The largest absolute Gasteiger partial charge is 0.477 e. The quantitative estimate of drug-likeness (QED) is 0.163. The number of nitrogens with one attached hydrogen (secondary N) is 2. The first-order chi connectivity index (χ1) is 15.8. The van der Waals surface area contributed by atoms with Gasteiger partial charge in [-0.05, 0) is 12.5 Å². The van der Waals surface area contributed by atoms with Crippen LogP contribution in [0.3, 0.4) is 0 Å². The van der Waals surface area contributed by atoms with Gasteiger partial charge in [-0.1, -0.05) is 16.9 Å². The van der Waals surface area contributed by atoms with Gasteiger partial charge in [-0.15, -0.1) is 33.3 Å². The number of rotatable bonds is 8. The number of H-pyrrole nitrogens is 1. The average molecular weight is 511 g/mol. The molecule has 1 fully saturated rings. The Kier molecular flexibility index (Phi) is 6.57. The molecule has 0 radical (unpaired) electrons. The highest BCUT2D eigenvalue weighted by Crippen LogP contribution is 2.43. The number of anilines is 1. The number of oxime groups is 1. The predicted molar refractivity (Wildman–Crippen MR) is 121 cm³/mol. The van der Waals surface area contributed by atoms with Crippen molar-refractivity contribution < 1.29 is 24.3 Å². The number of hydrogen-bond acceptors (Lipinski definition) is 12. The second-order valence-electron chi connectivity index (χ2n) is 6.79. The van der Waals surface area contributed by atoms with E-state index in [1.54, 1.807) is 5.38 Å². The number of aromatic nitrogens is 4. The molecule has 13 nitrogen and oxygen atoms in total. The molecule has 3 atom stereocenters. The maximum atomic E-state index is 12.9. The van der Waals surface area contributed by atoms with Gasteiger partial charge in [-0.3, -0.25) is 14.5 Å². The van der Waals surface area contributed by atoms with Crippen molar-refractivity contribution >= 4 is 63.5 Å². The van der Waals surface area contributed by atoms with Crippen LogP contribution in [0.4, 0.5) is 5.13 Å². The van der Waals surface area contributed by atoms with Gasteiger partial charge in [0.2, 0.25) is 0 Å². The zero-order valence-electron chi connectivity index (χ0n) is 17.2. The monoisotopic (exact) mass is 510 g/mol. The molecule has 16 heteroatoms. The van der Waals surface area contributed by atoms with E-state index in [1.807, 2.05) is 6.92 Å². The third-order valence-electron chi connectivity index (χ3n) is 4.82. The second kappa shape index (κ2) is 9.40. The molecular formula is C17H18N8O5S3. The standard InChI is InChI=1S/C17H18N8O5S3/c1-6(33-17-19-5-20-23-17)7-3-31-14-10(13(27)25(14)11(7)15(28)29)22-12(26)9(24-30-2)8-4-32-16(18)21-8/h4-6,10,14H,3H2,1-2H3,(H2,18,21)(H,22,26)(H,28,29)(H,19,20,23)/t6?,10-,14+/m1/s1. The number of fused-ring (bicyclic) bond motifs is 1. The van der Waals surface area contributed by atoms with Crippen LogP contribution in [0.15, 0.2) is 33.3 Å². The Morgan fingerprint density at radius 3 is 2.91 bits per heavy atom. The number of carboxylic acid groups (broad SMARTS) is 1. The van der Waals surface area contributed by atoms with E-state index in [1.165, 1.54) is 41.9 Å². The lowest BCUT2D eigenvalue weighted by Crippen LogP contribution is -2.71. The molecule has 4 heterocycles. The van der Waals surface area contributed by atoms with Crippen LogP contribution in [0.25, 0.3) is 0 Å². The predicted octanol–water partition coefficient (Wildman–Crippen LogP) is 0.113. The molecular weight excluding hydrogens is 492 g/mol. The SMILES string of the molecule is CON=C(C(=O)N[C@@H]1C(=O)N2C(C(=O)O)=C(C(C)Sc3nnc[nH]3)CS[C@@H]12)c1csc(N)n1. The Labute approximate surface area is 199 Å². The summed E-state index contributed by atoms with van der Waals surface area (Å²) in [5, 5.41) is 25.3. The highest BCUT2D eigenvalue weighted by Gasteiger charge is 2.55. The first kappa shape index (κ1) is 23.1. The summed E-state index contributed by atoms with van der Waals surface area (Å²) in [6, 6.07) is -0.923. The van der Waals surface area contributed by atoms with Crippen LogP contribution in [0.2, 0.25) is 0 Å². The molecule has 0 bridgehead atoms. The minimum absolute atomic E-state index is 0.0770. The van der Waals surface area contributed by atoms with Crippen molar-refractivity contribution in [1.29, 1.82) is 0 Å². The van der Waals surface area contributed by atoms with Crippen LogP contribution in [-0.2, 0) is 19.2 Å². The number of nitrogen functional groups attached to an aromatic ring is 1. The average Bonchev–Trinajstić information content (AvgIpc) is 3.45. The zero-order chi connectivity index (χ0) is 23.7. The number of nitrogens with two attached hydrogens (primary N) is 1. The number of thiazole rings is 1. The van der Waals surface area contributed by atoms with E-state index in [0.717, 1.165) is 11.3 Å². The van der Waals surface area contributed by atoms with E-state index in [9.17, 15) is 19.5 Å². The number of hydrogen-bond donors (Lipinski definition) is 4. The zero-order valence-corrected chi connectivity index (χ0v) is 19.7. The fourth-order valence-electron chi connectivity index (χ4n) is 3.35. The first-order valence-corrected chi connectivity index (χ1v) is 12.2. The molecule has 2 aromatic rings. The van der Waals surface area contributed by atoms with E-state index in [2.05, 4.69) is 30.6 Å². The van der Waals surface area contributed by atoms with E-state index in [0.29, 0.717) is 16.5 Å². The summed E-state index contributed by atoms with van der Waals surface area (Å²) in [5.74, 6) is -2.05. The highest BCUT2D eigenvalue weighted by atomic mass is 32.2. The second-order valence-corrected chi connectivity index (χ2v) is 10.1. The van der Waals surface area contributed by atoms with Crippen molar-refractivity contribution in [2.75, 3.05) is 18.6 Å². The number of aromatic amines is 1. The number of nitrogens with zero attached hydrogens (tertiary/aromatic N) is 5. The normalized spacial score (nSPS) is 21.3. The topological polar surface area (TPSA) is 189 Å². The van der Waals surface area contributed by atoms with Crippen LogP contribution in [-0.4, -0.2) is 83.2 Å². The van der Waals surface area contributed by atoms with Crippen LogP contribution < -0.4 is 11.1 Å². The molecule has 1 unspecified atom stereocenters. The van der Waals surface area contributed by atoms with Gasteiger partial charge in [-0.2, -0.15) is 0 Å². The van der Waals surface area contributed by atoms with Crippen LogP contribution in [0.1, 0.15) is 12.6 Å². The lowest BCUT2D eigenvalue weighted by atomic mass is 10.0. The molecule has 2 aromatic heterocycles. The fourth-order valence-corrected chi connectivity index (χ4v) is 6.36.